The van der Waals surface area contributed by atoms with Crippen LogP contribution in [0.3, 0.4) is 0 Å². The molecular formula is C13H19N. The van der Waals surface area contributed by atoms with E-state index in [9.17, 15) is 0 Å². The number of fused-ring (bicyclic) bond motifs is 1. The minimum atomic E-state index is 0.520. The number of hydrogen-bond donors (Lipinski definition) is 0. The zero-order chi connectivity index (χ0) is 10.3. The molecule has 0 saturated heterocycles. The van der Waals surface area contributed by atoms with Gasteiger partial charge >= 0.3 is 0 Å². The monoisotopic (exact) mass is 189 g/mol. The molecule has 2 fully saturated rings. The van der Waals surface area contributed by atoms with E-state index in [4.69, 9.17) is 5.26 Å². The molecule has 1 nitrogen and oxygen atoms in total. The molecule has 0 bridgehead atoms. The van der Waals surface area contributed by atoms with Crippen LogP contribution in [-0.4, -0.2) is 0 Å². The Morgan fingerprint density at radius 2 is 2.21 bits per heavy atom. The van der Waals surface area contributed by atoms with Crippen LogP contribution in [-0.2, 0) is 0 Å². The Bertz CT molecular complexity index is 306. The van der Waals surface area contributed by atoms with Gasteiger partial charge in [-0.15, -0.1) is 0 Å². The van der Waals surface area contributed by atoms with Gasteiger partial charge in [-0.05, 0) is 36.0 Å². The molecule has 0 radical (unpaired) electrons. The summed E-state index contributed by atoms with van der Waals surface area (Å²) in [4.78, 5) is 0. The maximum Gasteiger partial charge on any atom is 0.0663 e. The maximum absolute atomic E-state index is 8.62. The van der Waals surface area contributed by atoms with E-state index in [0.717, 1.165) is 11.8 Å². The minimum Gasteiger partial charge on any atom is -0.198 e. The SMILES string of the molecule is C[C@H]1CCC2[C@@H](C1=CCC#N)C2(C)C. The van der Waals surface area contributed by atoms with E-state index in [-0.39, 0.29) is 0 Å². The van der Waals surface area contributed by atoms with Crippen molar-refractivity contribution in [3.8, 4) is 6.07 Å². The standard InChI is InChI=1S/C13H19N/c1-9-6-7-11-12(13(11,2)3)10(9)5-4-8-14/h5,9,11-12H,4,6-7H2,1-3H3/t9-,11?,12+/m0/s1. The molecule has 0 aromatic heterocycles. The third-order valence-electron chi connectivity index (χ3n) is 4.32. The van der Waals surface area contributed by atoms with Crippen LogP contribution in [0, 0.1) is 34.5 Å². The Hall–Kier alpha value is -0.770. The van der Waals surface area contributed by atoms with Crippen LogP contribution in [0.15, 0.2) is 11.6 Å². The van der Waals surface area contributed by atoms with Crippen molar-refractivity contribution in [1.82, 2.24) is 0 Å². The second kappa shape index (κ2) is 3.12. The zero-order valence-electron chi connectivity index (χ0n) is 9.38. The van der Waals surface area contributed by atoms with Crippen LogP contribution in [0.1, 0.15) is 40.0 Å². The minimum absolute atomic E-state index is 0.520. The van der Waals surface area contributed by atoms with Gasteiger partial charge in [-0.2, -0.15) is 5.26 Å². The van der Waals surface area contributed by atoms with Gasteiger partial charge < -0.3 is 0 Å². The number of nitrogens with zero attached hydrogens (tertiary/aromatic N) is 1. The second-order valence-electron chi connectivity index (χ2n) is 5.45. The van der Waals surface area contributed by atoms with Gasteiger partial charge in [-0.25, -0.2) is 0 Å². The number of rotatable bonds is 1. The second-order valence-corrected chi connectivity index (χ2v) is 5.45. The normalized spacial score (nSPS) is 41.6. The molecule has 2 aliphatic carbocycles. The highest BCUT2D eigenvalue weighted by Gasteiger charge is 2.60. The molecule has 0 heterocycles. The van der Waals surface area contributed by atoms with Crippen LogP contribution in [0.2, 0.25) is 0 Å². The van der Waals surface area contributed by atoms with Gasteiger partial charge in [0, 0.05) is 0 Å². The molecule has 1 unspecified atom stereocenters. The quantitative estimate of drug-likeness (QED) is 0.579. The van der Waals surface area contributed by atoms with Crippen molar-refractivity contribution in [2.75, 3.05) is 0 Å². The maximum atomic E-state index is 8.62. The van der Waals surface area contributed by atoms with E-state index in [1.807, 2.05) is 0 Å². The van der Waals surface area contributed by atoms with Crippen molar-refractivity contribution in [3.05, 3.63) is 11.6 Å². The summed E-state index contributed by atoms with van der Waals surface area (Å²) >= 11 is 0. The predicted molar refractivity (Wildman–Crippen MR) is 57.5 cm³/mol. The third kappa shape index (κ3) is 1.29. The summed E-state index contributed by atoms with van der Waals surface area (Å²) in [5, 5.41) is 8.62. The van der Waals surface area contributed by atoms with Crippen LogP contribution >= 0.6 is 0 Å². The van der Waals surface area contributed by atoms with Crippen LogP contribution in [0.25, 0.3) is 0 Å². The fourth-order valence-corrected chi connectivity index (χ4v) is 3.34. The zero-order valence-corrected chi connectivity index (χ0v) is 9.38. The average Bonchev–Trinajstić information content (AvgIpc) is 2.68. The summed E-state index contributed by atoms with van der Waals surface area (Å²) in [7, 11) is 0. The van der Waals surface area contributed by atoms with Crippen molar-refractivity contribution in [2.24, 2.45) is 23.2 Å². The first-order valence-corrected chi connectivity index (χ1v) is 5.66. The highest BCUT2D eigenvalue weighted by Crippen LogP contribution is 2.67. The average molecular weight is 189 g/mol. The molecule has 14 heavy (non-hydrogen) atoms. The summed E-state index contributed by atoms with van der Waals surface area (Å²) < 4.78 is 0. The Balaban J connectivity index is 2.18. The van der Waals surface area contributed by atoms with E-state index in [0.29, 0.717) is 17.8 Å². The molecule has 0 spiro atoms. The van der Waals surface area contributed by atoms with E-state index in [1.54, 1.807) is 5.57 Å². The Morgan fingerprint density at radius 3 is 2.86 bits per heavy atom. The van der Waals surface area contributed by atoms with Crippen molar-refractivity contribution in [1.29, 1.82) is 5.26 Å². The molecule has 3 atom stereocenters. The molecule has 2 aliphatic rings. The van der Waals surface area contributed by atoms with Crippen LogP contribution in [0.4, 0.5) is 0 Å². The Morgan fingerprint density at radius 1 is 1.50 bits per heavy atom. The van der Waals surface area contributed by atoms with Crippen molar-refractivity contribution >= 4 is 0 Å². The van der Waals surface area contributed by atoms with Crippen molar-refractivity contribution in [3.63, 3.8) is 0 Å². The lowest BCUT2D eigenvalue weighted by Gasteiger charge is -2.20. The Kier molecular flexibility index (Phi) is 2.18. The number of hydrogen-bond acceptors (Lipinski definition) is 1. The first-order valence-electron chi connectivity index (χ1n) is 5.66. The largest absolute Gasteiger partial charge is 0.198 e. The molecule has 0 aliphatic heterocycles. The lowest BCUT2D eigenvalue weighted by atomic mass is 9.85. The topological polar surface area (TPSA) is 23.8 Å². The lowest BCUT2D eigenvalue weighted by molar-refractivity contribution is 0.459. The van der Waals surface area contributed by atoms with Gasteiger partial charge in [0.25, 0.3) is 0 Å². The number of nitriles is 1. The molecule has 1 heteroatoms. The van der Waals surface area contributed by atoms with E-state index in [1.165, 1.54) is 12.8 Å². The van der Waals surface area contributed by atoms with E-state index in [2.05, 4.69) is 32.9 Å². The fraction of sp³-hybridized carbons (Fsp3) is 0.769. The molecule has 0 aromatic carbocycles. The molecule has 76 valence electrons. The van der Waals surface area contributed by atoms with Gasteiger partial charge in [0.15, 0.2) is 0 Å². The highest BCUT2D eigenvalue weighted by molar-refractivity contribution is 5.28. The predicted octanol–water partition coefficient (Wildman–Crippen LogP) is 3.53. The molecule has 0 N–H and O–H groups in total. The summed E-state index contributed by atoms with van der Waals surface area (Å²) in [6.45, 7) is 7.06. The van der Waals surface area contributed by atoms with Gasteiger partial charge in [0.2, 0.25) is 0 Å². The lowest BCUT2D eigenvalue weighted by Crippen LogP contribution is -2.09. The summed E-state index contributed by atoms with van der Waals surface area (Å²) in [5.41, 5.74) is 2.10. The van der Waals surface area contributed by atoms with Gasteiger partial charge in [-0.3, -0.25) is 0 Å². The van der Waals surface area contributed by atoms with Gasteiger partial charge in [0.1, 0.15) is 0 Å². The van der Waals surface area contributed by atoms with Crippen molar-refractivity contribution < 1.29 is 0 Å². The van der Waals surface area contributed by atoms with Crippen LogP contribution in [0.5, 0.6) is 0 Å². The summed E-state index contributed by atoms with van der Waals surface area (Å²) in [6.07, 6.45) is 5.50. The third-order valence-corrected chi connectivity index (χ3v) is 4.32. The molecule has 0 amide bonds. The molecule has 2 rings (SSSR count). The van der Waals surface area contributed by atoms with Gasteiger partial charge in [0.05, 0.1) is 12.5 Å². The summed E-state index contributed by atoms with van der Waals surface area (Å²) in [5.74, 6) is 2.41. The van der Waals surface area contributed by atoms with Gasteiger partial charge in [-0.1, -0.05) is 32.4 Å². The van der Waals surface area contributed by atoms with Crippen LogP contribution < -0.4 is 0 Å². The van der Waals surface area contributed by atoms with Crippen molar-refractivity contribution in [2.45, 2.75) is 40.0 Å². The molecule has 0 aromatic rings. The molecule has 2 saturated carbocycles. The smallest absolute Gasteiger partial charge is 0.0663 e. The first kappa shape index (κ1) is 9.77. The van der Waals surface area contributed by atoms with E-state index < -0.39 is 0 Å². The Labute approximate surface area is 86.8 Å². The fourth-order valence-electron chi connectivity index (χ4n) is 3.34. The summed E-state index contributed by atoms with van der Waals surface area (Å²) in [6, 6.07) is 2.23. The number of allylic oxidation sites excluding steroid dienone is 2. The first-order chi connectivity index (χ1) is 6.59. The molecular weight excluding hydrogens is 170 g/mol. The highest BCUT2D eigenvalue weighted by atomic mass is 14.6. The van der Waals surface area contributed by atoms with E-state index >= 15 is 0 Å².